The summed E-state index contributed by atoms with van der Waals surface area (Å²) in [6, 6.07) is 21.3. The molecule has 0 saturated heterocycles. The summed E-state index contributed by atoms with van der Waals surface area (Å²) in [5, 5.41) is 14.7. The van der Waals surface area contributed by atoms with Gasteiger partial charge in [-0.15, -0.1) is 0 Å². The van der Waals surface area contributed by atoms with E-state index in [1.807, 2.05) is 30.3 Å². The van der Waals surface area contributed by atoms with E-state index in [2.05, 4.69) is 5.32 Å². The lowest BCUT2D eigenvalue weighted by Gasteiger charge is -2.43. The number of para-hydroxylation sites is 2. The van der Waals surface area contributed by atoms with Crippen LogP contribution in [0.25, 0.3) is 0 Å². The van der Waals surface area contributed by atoms with Crippen LogP contribution in [0.15, 0.2) is 72.8 Å². The molecule has 4 rings (SSSR count). The third kappa shape index (κ3) is 4.03. The predicted octanol–water partition coefficient (Wildman–Crippen LogP) is 3.70. The molecule has 1 heterocycles. The van der Waals surface area contributed by atoms with Gasteiger partial charge in [0.25, 0.3) is 11.6 Å². The molecule has 0 saturated carbocycles. The minimum Gasteiger partial charge on any atom is -0.358 e. The van der Waals surface area contributed by atoms with Crippen molar-refractivity contribution in [2.45, 2.75) is 6.17 Å². The summed E-state index contributed by atoms with van der Waals surface area (Å²) in [5.74, 6) is -0.459. The van der Waals surface area contributed by atoms with Gasteiger partial charge in [0.2, 0.25) is 5.91 Å². The van der Waals surface area contributed by atoms with Crippen molar-refractivity contribution in [1.29, 1.82) is 0 Å². The summed E-state index contributed by atoms with van der Waals surface area (Å²) in [5.41, 5.74) is 2.74. The molecule has 174 valence electrons. The summed E-state index contributed by atoms with van der Waals surface area (Å²) in [4.78, 5) is 42.2. The molecule has 0 unspecified atom stereocenters. The van der Waals surface area contributed by atoms with E-state index < -0.39 is 11.1 Å². The van der Waals surface area contributed by atoms with Crippen LogP contribution < -0.4 is 15.1 Å². The van der Waals surface area contributed by atoms with Gasteiger partial charge in [0.05, 0.1) is 22.7 Å². The van der Waals surface area contributed by atoms with Crippen molar-refractivity contribution in [3.05, 3.63) is 94.0 Å². The number of nitro benzene ring substituents is 1. The fourth-order valence-electron chi connectivity index (χ4n) is 4.28. The Morgan fingerprint density at radius 2 is 1.76 bits per heavy atom. The van der Waals surface area contributed by atoms with E-state index in [1.54, 1.807) is 67.3 Å². The van der Waals surface area contributed by atoms with Crippen molar-refractivity contribution in [1.82, 2.24) is 10.2 Å². The highest BCUT2D eigenvalue weighted by Gasteiger charge is 2.38. The third-order valence-electron chi connectivity index (χ3n) is 6.02. The van der Waals surface area contributed by atoms with E-state index in [4.69, 9.17) is 0 Å². The van der Waals surface area contributed by atoms with Gasteiger partial charge in [-0.05, 0) is 30.3 Å². The normalized spacial score (nSPS) is 15.0. The van der Waals surface area contributed by atoms with Crippen LogP contribution >= 0.6 is 0 Å². The Morgan fingerprint density at radius 3 is 2.44 bits per heavy atom. The maximum absolute atomic E-state index is 13.1. The molecular formula is C25H25N5O4. The maximum atomic E-state index is 13.1. The van der Waals surface area contributed by atoms with Crippen LogP contribution in [-0.4, -0.2) is 49.3 Å². The summed E-state index contributed by atoms with van der Waals surface area (Å²) in [7, 11) is 4.94. The molecule has 0 radical (unpaired) electrons. The molecule has 1 aliphatic rings. The van der Waals surface area contributed by atoms with E-state index in [-0.39, 0.29) is 24.0 Å². The van der Waals surface area contributed by atoms with Crippen molar-refractivity contribution in [3.63, 3.8) is 0 Å². The largest absolute Gasteiger partial charge is 0.358 e. The lowest BCUT2D eigenvalue weighted by Crippen LogP contribution is -2.50. The lowest BCUT2D eigenvalue weighted by atomic mass is 10.0. The van der Waals surface area contributed by atoms with Crippen LogP contribution in [0.2, 0.25) is 0 Å². The number of rotatable bonds is 6. The Bertz CT molecular complexity index is 1250. The van der Waals surface area contributed by atoms with Crippen molar-refractivity contribution >= 4 is 34.6 Å². The molecule has 34 heavy (non-hydrogen) atoms. The molecule has 1 atom stereocenters. The number of nitrogens with one attached hydrogen (secondary N) is 1. The Morgan fingerprint density at radius 1 is 1.09 bits per heavy atom. The van der Waals surface area contributed by atoms with E-state index in [9.17, 15) is 19.7 Å². The number of benzene rings is 3. The molecule has 1 N–H and O–H groups in total. The SMILES string of the molecule is CNC(=O)CN1c2ccccc2C(=O)N(C)[C@@H]1c1ccc(N(C)c2ccccc2)c([N+](=O)[O-])c1. The first-order valence-corrected chi connectivity index (χ1v) is 10.7. The number of amides is 2. The molecule has 0 fully saturated rings. The van der Waals surface area contributed by atoms with Gasteiger partial charge in [0, 0.05) is 38.5 Å². The highest BCUT2D eigenvalue weighted by Crippen LogP contribution is 2.41. The molecule has 0 spiro atoms. The smallest absolute Gasteiger partial charge is 0.293 e. The summed E-state index contributed by atoms with van der Waals surface area (Å²) >= 11 is 0. The molecule has 0 bridgehead atoms. The van der Waals surface area contributed by atoms with Crippen molar-refractivity contribution < 1.29 is 14.5 Å². The van der Waals surface area contributed by atoms with Gasteiger partial charge in [-0.2, -0.15) is 0 Å². The molecule has 0 aromatic heterocycles. The Kier molecular flexibility index (Phi) is 6.18. The number of anilines is 3. The second kappa shape index (κ2) is 9.22. The number of fused-ring (bicyclic) bond motifs is 1. The predicted molar refractivity (Wildman–Crippen MR) is 130 cm³/mol. The summed E-state index contributed by atoms with van der Waals surface area (Å²) in [6.45, 7) is -0.0186. The average Bonchev–Trinajstić information content (AvgIpc) is 2.87. The van der Waals surface area contributed by atoms with Crippen LogP contribution in [0.5, 0.6) is 0 Å². The van der Waals surface area contributed by atoms with Gasteiger partial charge >= 0.3 is 0 Å². The molecule has 0 aliphatic carbocycles. The number of carbonyl (C=O) groups excluding carboxylic acids is 2. The molecule has 9 nitrogen and oxygen atoms in total. The van der Waals surface area contributed by atoms with Crippen LogP contribution in [0.1, 0.15) is 22.1 Å². The minimum absolute atomic E-state index is 0.0186. The lowest BCUT2D eigenvalue weighted by molar-refractivity contribution is -0.384. The standard InChI is InChI=1S/C25H25N5O4/c1-26-23(31)16-29-20-12-8-7-11-19(20)25(32)28(3)24(29)17-13-14-21(22(15-17)30(33)34)27(2)18-9-5-4-6-10-18/h4-15,24H,16H2,1-3H3,(H,26,31)/t24-/m0/s1. The molecule has 3 aromatic carbocycles. The van der Waals surface area contributed by atoms with E-state index in [0.29, 0.717) is 22.5 Å². The molecule has 2 amide bonds. The first-order valence-electron chi connectivity index (χ1n) is 10.7. The van der Waals surface area contributed by atoms with Crippen LogP contribution in [0, 0.1) is 10.1 Å². The zero-order chi connectivity index (χ0) is 24.4. The molecule has 9 heteroatoms. The van der Waals surface area contributed by atoms with Crippen LogP contribution in [-0.2, 0) is 4.79 Å². The first-order chi connectivity index (χ1) is 16.3. The highest BCUT2D eigenvalue weighted by atomic mass is 16.6. The zero-order valence-electron chi connectivity index (χ0n) is 19.1. The quantitative estimate of drug-likeness (QED) is 0.446. The van der Waals surface area contributed by atoms with Crippen molar-refractivity contribution in [3.8, 4) is 0 Å². The minimum atomic E-state index is -0.700. The van der Waals surface area contributed by atoms with Gasteiger partial charge in [0.15, 0.2) is 0 Å². The fourth-order valence-corrected chi connectivity index (χ4v) is 4.28. The third-order valence-corrected chi connectivity index (χ3v) is 6.02. The van der Waals surface area contributed by atoms with Crippen molar-refractivity contribution in [2.75, 3.05) is 37.5 Å². The Hall–Kier alpha value is -4.40. The Balaban J connectivity index is 1.83. The number of carbonyl (C=O) groups is 2. The van der Waals surface area contributed by atoms with Crippen LogP contribution in [0.3, 0.4) is 0 Å². The van der Waals surface area contributed by atoms with E-state index >= 15 is 0 Å². The number of nitrogens with zero attached hydrogens (tertiary/aromatic N) is 4. The molecule has 1 aliphatic heterocycles. The van der Waals surface area contributed by atoms with Crippen LogP contribution in [0.4, 0.5) is 22.7 Å². The number of nitro groups is 1. The number of hydrogen-bond donors (Lipinski definition) is 1. The summed E-state index contributed by atoms with van der Waals surface area (Å²) in [6.07, 6.45) is -0.700. The summed E-state index contributed by atoms with van der Waals surface area (Å²) < 4.78 is 0. The molecule has 3 aromatic rings. The Labute approximate surface area is 197 Å². The second-order valence-corrected chi connectivity index (χ2v) is 8.01. The van der Waals surface area contributed by atoms with Gasteiger partial charge < -0.3 is 20.0 Å². The van der Waals surface area contributed by atoms with Gasteiger partial charge in [-0.3, -0.25) is 19.7 Å². The van der Waals surface area contributed by atoms with Gasteiger partial charge in [-0.25, -0.2) is 0 Å². The zero-order valence-corrected chi connectivity index (χ0v) is 19.1. The number of hydrogen-bond acceptors (Lipinski definition) is 6. The number of likely N-dealkylation sites (N-methyl/N-ethyl adjacent to an activating group) is 1. The highest BCUT2D eigenvalue weighted by molar-refractivity contribution is 6.02. The monoisotopic (exact) mass is 459 g/mol. The maximum Gasteiger partial charge on any atom is 0.293 e. The first kappa shape index (κ1) is 22.8. The van der Waals surface area contributed by atoms with Gasteiger partial charge in [0.1, 0.15) is 11.9 Å². The topological polar surface area (TPSA) is 99.0 Å². The average molecular weight is 460 g/mol. The second-order valence-electron chi connectivity index (χ2n) is 8.01. The van der Waals surface area contributed by atoms with E-state index in [1.165, 1.54) is 11.0 Å². The molecular weight excluding hydrogens is 434 g/mol. The van der Waals surface area contributed by atoms with Crippen molar-refractivity contribution in [2.24, 2.45) is 0 Å². The fraction of sp³-hybridized carbons (Fsp3) is 0.200. The van der Waals surface area contributed by atoms with E-state index in [0.717, 1.165) is 5.69 Å². The van der Waals surface area contributed by atoms with Gasteiger partial charge in [-0.1, -0.05) is 36.4 Å².